The third kappa shape index (κ3) is 4.92. The zero-order valence-corrected chi connectivity index (χ0v) is 16.6. The number of anilines is 3. The van der Waals surface area contributed by atoms with Crippen LogP contribution in [0.1, 0.15) is 16.2 Å². The van der Waals surface area contributed by atoms with Gasteiger partial charge in [0.15, 0.2) is 0 Å². The summed E-state index contributed by atoms with van der Waals surface area (Å²) in [5.41, 5.74) is 2.09. The van der Waals surface area contributed by atoms with Gasteiger partial charge in [0.05, 0.1) is 27.0 Å². The van der Waals surface area contributed by atoms with Gasteiger partial charge in [0, 0.05) is 23.5 Å². The highest BCUT2D eigenvalue weighted by Gasteiger charge is 2.14. The summed E-state index contributed by atoms with van der Waals surface area (Å²) in [5.74, 6) is 1.72. The largest absolute Gasteiger partial charge is 0.497 e. The molecule has 2 N–H and O–H groups in total. The number of aromatic nitrogens is 2. The maximum absolute atomic E-state index is 12.8. The molecular weight excluding hydrogens is 372 g/mol. The van der Waals surface area contributed by atoms with Crippen LogP contribution in [0.5, 0.6) is 17.2 Å². The van der Waals surface area contributed by atoms with Gasteiger partial charge in [-0.1, -0.05) is 6.07 Å². The minimum absolute atomic E-state index is 0.216. The third-order valence-corrected chi connectivity index (χ3v) is 4.07. The van der Waals surface area contributed by atoms with E-state index in [1.54, 1.807) is 45.4 Å². The van der Waals surface area contributed by atoms with Gasteiger partial charge in [0.25, 0.3) is 5.91 Å². The van der Waals surface area contributed by atoms with Crippen molar-refractivity contribution >= 4 is 23.2 Å². The molecule has 8 nitrogen and oxygen atoms in total. The summed E-state index contributed by atoms with van der Waals surface area (Å²) in [5, 5.41) is 5.90. The van der Waals surface area contributed by atoms with Crippen molar-refractivity contribution in [3.8, 4) is 17.2 Å². The van der Waals surface area contributed by atoms with Crippen LogP contribution in [0.4, 0.5) is 17.3 Å². The zero-order valence-electron chi connectivity index (χ0n) is 16.6. The fourth-order valence-electron chi connectivity index (χ4n) is 2.67. The molecule has 0 atom stereocenters. The number of carbonyl (C=O) groups is 1. The second kappa shape index (κ2) is 8.92. The van der Waals surface area contributed by atoms with Crippen molar-refractivity contribution in [2.24, 2.45) is 0 Å². The first-order valence-corrected chi connectivity index (χ1v) is 8.82. The minimum Gasteiger partial charge on any atom is -0.497 e. The maximum Gasteiger partial charge on any atom is 0.274 e. The first-order valence-electron chi connectivity index (χ1n) is 8.82. The fourth-order valence-corrected chi connectivity index (χ4v) is 2.67. The van der Waals surface area contributed by atoms with E-state index in [-0.39, 0.29) is 5.69 Å². The summed E-state index contributed by atoms with van der Waals surface area (Å²) < 4.78 is 15.7. The molecule has 0 bridgehead atoms. The topological polar surface area (TPSA) is 94.6 Å². The first-order chi connectivity index (χ1) is 14.0. The van der Waals surface area contributed by atoms with Gasteiger partial charge in [-0.25, -0.2) is 9.97 Å². The Morgan fingerprint density at radius 3 is 2.38 bits per heavy atom. The van der Waals surface area contributed by atoms with Crippen LogP contribution in [0.3, 0.4) is 0 Å². The van der Waals surface area contributed by atoms with Crippen molar-refractivity contribution in [1.29, 1.82) is 0 Å². The van der Waals surface area contributed by atoms with Crippen molar-refractivity contribution < 1.29 is 19.0 Å². The van der Waals surface area contributed by atoms with Gasteiger partial charge in [0.2, 0.25) is 5.95 Å². The van der Waals surface area contributed by atoms with E-state index in [4.69, 9.17) is 14.2 Å². The molecule has 29 heavy (non-hydrogen) atoms. The highest BCUT2D eigenvalue weighted by molar-refractivity contribution is 6.04. The van der Waals surface area contributed by atoms with E-state index in [1.165, 1.54) is 7.11 Å². The van der Waals surface area contributed by atoms with Gasteiger partial charge in [0.1, 0.15) is 22.9 Å². The molecule has 0 spiro atoms. The molecule has 3 aromatic rings. The number of methoxy groups -OCH3 is 3. The Hall–Kier alpha value is -3.81. The van der Waals surface area contributed by atoms with E-state index in [1.807, 2.05) is 24.3 Å². The minimum atomic E-state index is -0.393. The van der Waals surface area contributed by atoms with E-state index >= 15 is 0 Å². The lowest BCUT2D eigenvalue weighted by molar-refractivity contribution is 0.102. The van der Waals surface area contributed by atoms with Crippen LogP contribution in [-0.2, 0) is 0 Å². The second-order valence-corrected chi connectivity index (χ2v) is 6.10. The fraction of sp³-hybridized carbons (Fsp3) is 0.190. The molecule has 1 aromatic heterocycles. The molecule has 1 amide bonds. The molecule has 0 unspecified atom stereocenters. The van der Waals surface area contributed by atoms with Crippen LogP contribution in [0.25, 0.3) is 0 Å². The average molecular weight is 394 g/mol. The number of nitrogens with one attached hydrogen (secondary N) is 2. The molecule has 2 aromatic carbocycles. The molecule has 8 heteroatoms. The normalized spacial score (nSPS) is 10.2. The van der Waals surface area contributed by atoms with Crippen LogP contribution < -0.4 is 24.8 Å². The van der Waals surface area contributed by atoms with Gasteiger partial charge in [-0.2, -0.15) is 0 Å². The van der Waals surface area contributed by atoms with Crippen LogP contribution >= 0.6 is 0 Å². The van der Waals surface area contributed by atoms with Crippen molar-refractivity contribution in [3.63, 3.8) is 0 Å². The number of nitrogens with zero attached hydrogens (tertiary/aromatic N) is 2. The van der Waals surface area contributed by atoms with Crippen molar-refractivity contribution in [3.05, 3.63) is 59.9 Å². The van der Waals surface area contributed by atoms with Crippen molar-refractivity contribution in [2.75, 3.05) is 32.0 Å². The Morgan fingerprint density at radius 2 is 1.66 bits per heavy atom. The van der Waals surface area contributed by atoms with Gasteiger partial charge in [-0.3, -0.25) is 4.79 Å². The number of rotatable bonds is 7. The molecule has 150 valence electrons. The Bertz CT molecular complexity index is 1020. The van der Waals surface area contributed by atoms with Crippen LogP contribution in [-0.4, -0.2) is 37.2 Å². The van der Waals surface area contributed by atoms with Gasteiger partial charge in [-0.15, -0.1) is 0 Å². The molecule has 0 saturated carbocycles. The lowest BCUT2D eigenvalue weighted by Gasteiger charge is -2.12. The Labute approximate surface area is 168 Å². The summed E-state index contributed by atoms with van der Waals surface area (Å²) in [4.78, 5) is 21.5. The van der Waals surface area contributed by atoms with Crippen molar-refractivity contribution in [1.82, 2.24) is 9.97 Å². The second-order valence-electron chi connectivity index (χ2n) is 6.10. The predicted octanol–water partition coefficient (Wildman–Crippen LogP) is 3.81. The predicted molar refractivity (Wildman–Crippen MR) is 111 cm³/mol. The van der Waals surface area contributed by atoms with Crippen LogP contribution in [0, 0.1) is 6.92 Å². The molecular formula is C21H22N4O4. The number of carbonyl (C=O) groups excluding carboxylic acids is 1. The average Bonchev–Trinajstić information content (AvgIpc) is 2.73. The molecule has 0 radical (unpaired) electrons. The lowest BCUT2D eigenvalue weighted by Crippen LogP contribution is -2.16. The van der Waals surface area contributed by atoms with E-state index < -0.39 is 5.91 Å². The SMILES string of the molecule is COc1cccc(Nc2nc(C)cc(C(=O)Nc3cc(OC)ccc3OC)n2)c1. The monoisotopic (exact) mass is 394 g/mol. The zero-order chi connectivity index (χ0) is 20.8. The molecule has 3 rings (SSSR count). The van der Waals surface area contributed by atoms with E-state index in [0.717, 1.165) is 5.69 Å². The summed E-state index contributed by atoms with van der Waals surface area (Å²) in [6, 6.07) is 14.1. The summed E-state index contributed by atoms with van der Waals surface area (Å²) in [7, 11) is 4.68. The van der Waals surface area contributed by atoms with Crippen LogP contribution in [0.2, 0.25) is 0 Å². The first kappa shape index (κ1) is 19.9. The molecule has 0 aliphatic heterocycles. The number of aryl methyl sites for hydroxylation is 1. The van der Waals surface area contributed by atoms with Gasteiger partial charge >= 0.3 is 0 Å². The summed E-state index contributed by atoms with van der Waals surface area (Å²) >= 11 is 0. The number of hydrogen-bond donors (Lipinski definition) is 2. The Morgan fingerprint density at radius 1 is 0.897 bits per heavy atom. The Balaban J connectivity index is 1.84. The van der Waals surface area contributed by atoms with E-state index in [0.29, 0.717) is 34.6 Å². The quantitative estimate of drug-likeness (QED) is 0.629. The third-order valence-electron chi connectivity index (χ3n) is 4.07. The summed E-state index contributed by atoms with van der Waals surface area (Å²) in [6.07, 6.45) is 0. The molecule has 0 saturated heterocycles. The van der Waals surface area contributed by atoms with E-state index in [9.17, 15) is 4.79 Å². The van der Waals surface area contributed by atoms with Gasteiger partial charge in [-0.05, 0) is 37.3 Å². The molecule has 1 heterocycles. The highest BCUT2D eigenvalue weighted by atomic mass is 16.5. The number of amides is 1. The van der Waals surface area contributed by atoms with Crippen molar-refractivity contribution in [2.45, 2.75) is 6.92 Å². The Kier molecular flexibility index (Phi) is 6.13. The number of ether oxygens (including phenoxy) is 3. The molecule has 0 aliphatic rings. The smallest absolute Gasteiger partial charge is 0.274 e. The lowest BCUT2D eigenvalue weighted by atomic mass is 10.2. The van der Waals surface area contributed by atoms with Crippen LogP contribution in [0.15, 0.2) is 48.5 Å². The molecule has 0 fully saturated rings. The molecule has 0 aliphatic carbocycles. The standard InChI is InChI=1S/C21H22N4O4/c1-13-10-18(20(26)24-17-12-16(28-3)8-9-19(17)29-4)25-21(22-13)23-14-6-5-7-15(11-14)27-2/h5-12H,1-4H3,(H,24,26)(H,22,23,25). The summed E-state index contributed by atoms with van der Waals surface area (Å²) in [6.45, 7) is 1.79. The van der Waals surface area contributed by atoms with Gasteiger partial charge < -0.3 is 24.8 Å². The highest BCUT2D eigenvalue weighted by Crippen LogP contribution is 2.29. The maximum atomic E-state index is 12.8. The van der Waals surface area contributed by atoms with E-state index in [2.05, 4.69) is 20.6 Å². The number of hydrogen-bond acceptors (Lipinski definition) is 7. The number of benzene rings is 2.